The number of hydrogen-bond acceptors (Lipinski definition) is 3. The van der Waals surface area contributed by atoms with Gasteiger partial charge in [-0.05, 0) is 56.0 Å². The molecule has 1 amide bonds. The van der Waals surface area contributed by atoms with E-state index >= 15 is 0 Å². The molecule has 0 unspecified atom stereocenters. The number of rotatable bonds is 2. The minimum absolute atomic E-state index is 0.0590. The van der Waals surface area contributed by atoms with E-state index in [0.717, 1.165) is 53.6 Å². The molecule has 1 fully saturated rings. The van der Waals surface area contributed by atoms with Crippen LogP contribution in [-0.2, 0) is 13.5 Å². The highest BCUT2D eigenvalue weighted by atomic mass is 19.2. The maximum Gasteiger partial charge on any atom is 0.254 e. The van der Waals surface area contributed by atoms with Crippen molar-refractivity contribution in [3.8, 4) is 11.3 Å². The summed E-state index contributed by atoms with van der Waals surface area (Å²) >= 11 is 0. The second-order valence-electron chi connectivity index (χ2n) is 9.02. The Balaban J connectivity index is 1.42. The second kappa shape index (κ2) is 7.68. The summed E-state index contributed by atoms with van der Waals surface area (Å²) in [6.45, 7) is 0. The summed E-state index contributed by atoms with van der Waals surface area (Å²) in [6.07, 6.45) is 4.77. The zero-order valence-electron chi connectivity index (χ0n) is 18.4. The molecule has 4 heterocycles. The number of halogens is 3. The molecule has 2 aromatic heterocycles. The number of carbonyl (C=O) groups excluding carboxylic acids is 1. The van der Waals surface area contributed by atoms with Crippen LogP contribution in [0.5, 0.6) is 0 Å². The van der Waals surface area contributed by atoms with Crippen molar-refractivity contribution >= 4 is 16.8 Å². The Hall–Kier alpha value is -3.68. The first-order valence-electron chi connectivity index (χ1n) is 11.3. The van der Waals surface area contributed by atoms with E-state index in [1.54, 1.807) is 17.9 Å². The van der Waals surface area contributed by atoms with Gasteiger partial charge in [0.25, 0.3) is 5.91 Å². The Morgan fingerprint density at radius 1 is 1.06 bits per heavy atom. The number of aryl methyl sites for hydroxylation is 1. The smallest absolute Gasteiger partial charge is 0.254 e. The van der Waals surface area contributed by atoms with Gasteiger partial charge in [-0.3, -0.25) is 14.5 Å². The van der Waals surface area contributed by atoms with Crippen molar-refractivity contribution in [3.63, 3.8) is 0 Å². The van der Waals surface area contributed by atoms with Crippen LogP contribution in [0.3, 0.4) is 0 Å². The molecule has 0 N–H and O–H groups in total. The van der Waals surface area contributed by atoms with Crippen molar-refractivity contribution in [2.24, 2.45) is 7.05 Å². The minimum Gasteiger partial charge on any atom is -0.327 e. The van der Waals surface area contributed by atoms with E-state index in [1.807, 2.05) is 35.2 Å². The highest BCUT2D eigenvalue weighted by Gasteiger charge is 2.43. The van der Waals surface area contributed by atoms with E-state index in [9.17, 15) is 18.0 Å². The van der Waals surface area contributed by atoms with E-state index in [2.05, 4.69) is 10.1 Å². The van der Waals surface area contributed by atoms with Gasteiger partial charge in [-0.15, -0.1) is 0 Å². The van der Waals surface area contributed by atoms with E-state index in [4.69, 9.17) is 0 Å². The molecule has 172 valence electrons. The predicted octanol–water partition coefficient (Wildman–Crippen LogP) is 5.34. The first-order valence-corrected chi connectivity index (χ1v) is 11.3. The van der Waals surface area contributed by atoms with E-state index in [0.29, 0.717) is 17.7 Å². The number of aromatic nitrogens is 3. The molecule has 8 heteroatoms. The number of fused-ring (bicyclic) bond motifs is 5. The summed E-state index contributed by atoms with van der Waals surface area (Å²) in [5.41, 5.74) is 3.75. The van der Waals surface area contributed by atoms with Gasteiger partial charge in [0, 0.05) is 41.4 Å². The van der Waals surface area contributed by atoms with Crippen LogP contribution in [0.15, 0.2) is 48.7 Å². The van der Waals surface area contributed by atoms with Crippen LogP contribution in [0.4, 0.5) is 13.2 Å². The zero-order chi connectivity index (χ0) is 23.6. The zero-order valence-corrected chi connectivity index (χ0v) is 18.4. The molecule has 0 spiro atoms. The van der Waals surface area contributed by atoms with Crippen LogP contribution in [0.2, 0.25) is 0 Å². The average Bonchev–Trinajstić information content (AvgIpc) is 3.16. The molecule has 34 heavy (non-hydrogen) atoms. The Morgan fingerprint density at radius 2 is 1.85 bits per heavy atom. The Morgan fingerprint density at radius 3 is 2.65 bits per heavy atom. The molecule has 1 saturated heterocycles. The SMILES string of the molecule is Cn1nc2c(c1-c1cc(F)c(F)c(F)c1)C[C@@H]1CCC[C@H]2N1C(=O)c1ccc2cccnc2c1. The molecule has 2 aliphatic heterocycles. The molecule has 2 atom stereocenters. The number of amides is 1. The van der Waals surface area contributed by atoms with Crippen LogP contribution in [-0.4, -0.2) is 31.6 Å². The predicted molar refractivity (Wildman–Crippen MR) is 121 cm³/mol. The summed E-state index contributed by atoms with van der Waals surface area (Å²) in [5, 5.41) is 5.64. The number of nitrogens with zero attached hydrogens (tertiary/aromatic N) is 4. The third-order valence-electron chi connectivity index (χ3n) is 7.02. The largest absolute Gasteiger partial charge is 0.327 e. The third-order valence-corrected chi connectivity index (χ3v) is 7.02. The fourth-order valence-corrected chi connectivity index (χ4v) is 5.55. The van der Waals surface area contributed by atoms with Gasteiger partial charge in [-0.2, -0.15) is 5.10 Å². The van der Waals surface area contributed by atoms with Crippen molar-refractivity contribution in [2.75, 3.05) is 0 Å². The van der Waals surface area contributed by atoms with Crippen LogP contribution in [0.25, 0.3) is 22.2 Å². The molecule has 2 aliphatic rings. The van der Waals surface area contributed by atoms with Gasteiger partial charge < -0.3 is 4.90 Å². The summed E-state index contributed by atoms with van der Waals surface area (Å²) in [6, 6.07) is 11.1. The molecule has 2 aromatic carbocycles. The fourth-order valence-electron chi connectivity index (χ4n) is 5.55. The molecule has 0 aliphatic carbocycles. The van der Waals surface area contributed by atoms with Crippen molar-refractivity contribution in [1.82, 2.24) is 19.7 Å². The molecule has 0 saturated carbocycles. The van der Waals surface area contributed by atoms with Gasteiger partial charge in [-0.25, -0.2) is 13.2 Å². The quantitative estimate of drug-likeness (QED) is 0.378. The number of carbonyl (C=O) groups is 1. The van der Waals surface area contributed by atoms with Crippen LogP contribution < -0.4 is 0 Å². The molecule has 5 nitrogen and oxygen atoms in total. The molecule has 2 bridgehead atoms. The summed E-state index contributed by atoms with van der Waals surface area (Å²) in [4.78, 5) is 20.0. The van der Waals surface area contributed by atoms with Gasteiger partial charge in [0.1, 0.15) is 0 Å². The second-order valence-corrected chi connectivity index (χ2v) is 9.02. The lowest BCUT2D eigenvalue weighted by Crippen LogP contribution is -2.49. The topological polar surface area (TPSA) is 51.0 Å². The van der Waals surface area contributed by atoms with Crippen molar-refractivity contribution in [2.45, 2.75) is 37.8 Å². The lowest BCUT2D eigenvalue weighted by Gasteiger charge is -2.45. The third kappa shape index (κ3) is 3.12. The number of benzene rings is 2. The minimum atomic E-state index is -1.49. The van der Waals surface area contributed by atoms with Crippen molar-refractivity contribution in [3.05, 3.63) is 82.9 Å². The van der Waals surface area contributed by atoms with Gasteiger partial charge in [-0.1, -0.05) is 12.1 Å². The van der Waals surface area contributed by atoms with Crippen LogP contribution in [0.1, 0.15) is 46.9 Å². The van der Waals surface area contributed by atoms with E-state index in [1.165, 1.54) is 0 Å². The van der Waals surface area contributed by atoms with E-state index < -0.39 is 17.5 Å². The van der Waals surface area contributed by atoms with E-state index in [-0.39, 0.29) is 23.6 Å². The van der Waals surface area contributed by atoms with Gasteiger partial charge in [0.15, 0.2) is 17.5 Å². The summed E-state index contributed by atoms with van der Waals surface area (Å²) in [5.74, 6) is -4.03. The van der Waals surface area contributed by atoms with Crippen LogP contribution >= 0.6 is 0 Å². The van der Waals surface area contributed by atoms with Gasteiger partial charge in [0.05, 0.1) is 22.9 Å². The monoisotopic (exact) mass is 462 g/mol. The molecule has 0 radical (unpaired) electrons. The Bertz CT molecular complexity index is 1440. The highest BCUT2D eigenvalue weighted by Crippen LogP contribution is 2.45. The summed E-state index contributed by atoms with van der Waals surface area (Å²) < 4.78 is 43.1. The van der Waals surface area contributed by atoms with Crippen molar-refractivity contribution in [1.29, 1.82) is 0 Å². The van der Waals surface area contributed by atoms with Crippen molar-refractivity contribution < 1.29 is 18.0 Å². The molecular weight excluding hydrogens is 441 g/mol. The normalized spacial score (nSPS) is 19.4. The summed E-state index contributed by atoms with van der Waals surface area (Å²) in [7, 11) is 1.71. The first kappa shape index (κ1) is 20.9. The van der Waals surface area contributed by atoms with Gasteiger partial charge >= 0.3 is 0 Å². The maximum absolute atomic E-state index is 14.0. The lowest BCUT2D eigenvalue weighted by atomic mass is 9.81. The number of pyridine rings is 1. The molecular formula is C26H21F3N4O. The molecule has 6 rings (SSSR count). The number of piperidine rings is 1. The fraction of sp³-hybridized carbons (Fsp3) is 0.269. The Kier molecular flexibility index (Phi) is 4.72. The number of hydrogen-bond donors (Lipinski definition) is 0. The van der Waals surface area contributed by atoms with Gasteiger partial charge in [0.2, 0.25) is 0 Å². The first-order chi connectivity index (χ1) is 16.4. The molecule has 4 aromatic rings. The van der Waals surface area contributed by atoms with Crippen LogP contribution in [0, 0.1) is 17.5 Å². The highest BCUT2D eigenvalue weighted by molar-refractivity contribution is 5.98. The Labute approximate surface area is 193 Å². The maximum atomic E-state index is 14.0. The lowest BCUT2D eigenvalue weighted by molar-refractivity contribution is 0.0392. The average molecular weight is 462 g/mol. The standard InChI is InChI=1S/C26H21F3N4O/c1-32-25(16-10-19(27)23(29)20(28)11-16)18-13-17-5-2-6-22(24(18)31-32)33(17)26(34)15-8-7-14-4-3-9-30-21(14)12-15/h3-4,7-12,17,22H,2,5-6,13H2,1H3/t17-,22+/m0/s1.